The standard InChI is InChI=1S/C14H24N2O3S/c1-5-14(2,11-17)10-15-12-6-8-13(9-7-12)20(18,19)16(3)4/h6-9,15,17H,5,10-11H2,1-4H3. The Morgan fingerprint density at radius 1 is 1.25 bits per heavy atom. The quantitative estimate of drug-likeness (QED) is 0.805. The van der Waals surface area contributed by atoms with E-state index < -0.39 is 10.0 Å². The molecule has 1 rings (SSSR count). The van der Waals surface area contributed by atoms with Crippen LogP contribution in [0.1, 0.15) is 20.3 Å². The summed E-state index contributed by atoms with van der Waals surface area (Å²) < 4.78 is 25.0. The van der Waals surface area contributed by atoms with Crippen molar-refractivity contribution < 1.29 is 13.5 Å². The first-order chi connectivity index (χ1) is 9.25. The lowest BCUT2D eigenvalue weighted by molar-refractivity contribution is 0.149. The Bertz CT molecular complexity index is 520. The molecule has 1 atom stereocenters. The summed E-state index contributed by atoms with van der Waals surface area (Å²) in [7, 11) is -0.362. The Hall–Kier alpha value is -1.11. The van der Waals surface area contributed by atoms with Crippen molar-refractivity contribution in [2.75, 3.05) is 32.6 Å². The number of aliphatic hydroxyl groups is 1. The third-order valence-corrected chi connectivity index (χ3v) is 5.42. The fourth-order valence-corrected chi connectivity index (χ4v) is 2.47. The summed E-state index contributed by atoms with van der Waals surface area (Å²) in [6.45, 7) is 4.79. The third kappa shape index (κ3) is 3.94. The van der Waals surface area contributed by atoms with Crippen molar-refractivity contribution >= 4 is 15.7 Å². The molecule has 0 fully saturated rings. The Kier molecular flexibility index (Phi) is 5.56. The summed E-state index contributed by atoms with van der Waals surface area (Å²) in [6.07, 6.45) is 0.865. The number of benzene rings is 1. The molecule has 5 nitrogen and oxygen atoms in total. The Labute approximate surface area is 121 Å². The maximum Gasteiger partial charge on any atom is 0.242 e. The molecular weight excluding hydrogens is 276 g/mol. The molecule has 1 unspecified atom stereocenters. The first-order valence-corrected chi connectivity index (χ1v) is 8.06. The maximum absolute atomic E-state index is 11.9. The van der Waals surface area contributed by atoms with E-state index in [2.05, 4.69) is 5.32 Å². The van der Waals surface area contributed by atoms with Crippen LogP contribution >= 0.6 is 0 Å². The number of rotatable bonds is 7. The van der Waals surface area contributed by atoms with Crippen LogP contribution in [0.5, 0.6) is 0 Å². The largest absolute Gasteiger partial charge is 0.396 e. The Morgan fingerprint density at radius 3 is 2.20 bits per heavy atom. The van der Waals surface area contributed by atoms with E-state index in [1.807, 2.05) is 13.8 Å². The van der Waals surface area contributed by atoms with Crippen molar-refractivity contribution in [3.8, 4) is 0 Å². The minimum atomic E-state index is -3.38. The Morgan fingerprint density at radius 2 is 1.80 bits per heavy atom. The van der Waals surface area contributed by atoms with Gasteiger partial charge in [-0.1, -0.05) is 13.8 Å². The van der Waals surface area contributed by atoms with E-state index in [0.29, 0.717) is 6.54 Å². The van der Waals surface area contributed by atoms with Crippen LogP contribution < -0.4 is 5.32 Å². The number of sulfonamides is 1. The molecule has 0 amide bonds. The lowest BCUT2D eigenvalue weighted by Gasteiger charge is -2.26. The highest BCUT2D eigenvalue weighted by Crippen LogP contribution is 2.22. The second kappa shape index (κ2) is 6.56. The predicted octanol–water partition coefficient (Wildman–Crippen LogP) is 1.76. The molecule has 1 aromatic rings. The summed E-state index contributed by atoms with van der Waals surface area (Å²) >= 11 is 0. The van der Waals surface area contributed by atoms with Gasteiger partial charge in [-0.05, 0) is 30.7 Å². The molecule has 0 aliphatic heterocycles. The highest BCUT2D eigenvalue weighted by Gasteiger charge is 2.21. The molecule has 0 saturated heterocycles. The van der Waals surface area contributed by atoms with Crippen LogP contribution in [0.2, 0.25) is 0 Å². The molecular formula is C14H24N2O3S. The van der Waals surface area contributed by atoms with Crippen molar-refractivity contribution in [1.29, 1.82) is 0 Å². The summed E-state index contributed by atoms with van der Waals surface area (Å²) in [5.41, 5.74) is 0.671. The van der Waals surface area contributed by atoms with Gasteiger partial charge in [-0.15, -0.1) is 0 Å². The van der Waals surface area contributed by atoms with Crippen LogP contribution in [0, 0.1) is 5.41 Å². The van der Waals surface area contributed by atoms with Gasteiger partial charge in [0, 0.05) is 31.7 Å². The molecule has 0 aliphatic carbocycles. The van der Waals surface area contributed by atoms with Crippen LogP contribution in [0.15, 0.2) is 29.2 Å². The lowest BCUT2D eigenvalue weighted by Crippen LogP contribution is -2.29. The number of aliphatic hydroxyl groups excluding tert-OH is 1. The first-order valence-electron chi connectivity index (χ1n) is 6.62. The second-order valence-corrected chi connectivity index (χ2v) is 7.64. The fraction of sp³-hybridized carbons (Fsp3) is 0.571. The number of nitrogens with zero attached hydrogens (tertiary/aromatic N) is 1. The molecule has 2 N–H and O–H groups in total. The van der Waals surface area contributed by atoms with Gasteiger partial charge in [-0.2, -0.15) is 0 Å². The van der Waals surface area contributed by atoms with Gasteiger partial charge < -0.3 is 10.4 Å². The molecule has 1 aromatic carbocycles. The third-order valence-electron chi connectivity index (χ3n) is 3.59. The smallest absolute Gasteiger partial charge is 0.242 e. The van der Waals surface area contributed by atoms with Crippen molar-refractivity contribution in [2.24, 2.45) is 5.41 Å². The van der Waals surface area contributed by atoms with Crippen molar-refractivity contribution in [1.82, 2.24) is 4.31 Å². The van der Waals surface area contributed by atoms with E-state index in [1.165, 1.54) is 18.4 Å². The van der Waals surface area contributed by atoms with Crippen LogP contribution in [-0.4, -0.2) is 45.1 Å². The second-order valence-electron chi connectivity index (χ2n) is 5.49. The van der Waals surface area contributed by atoms with Crippen molar-refractivity contribution in [3.63, 3.8) is 0 Å². The summed E-state index contributed by atoms with van der Waals surface area (Å²) in [5.74, 6) is 0. The monoisotopic (exact) mass is 300 g/mol. The zero-order valence-corrected chi connectivity index (χ0v) is 13.4. The molecule has 0 aromatic heterocycles. The zero-order valence-electron chi connectivity index (χ0n) is 12.5. The summed E-state index contributed by atoms with van der Waals surface area (Å²) in [6, 6.07) is 6.65. The number of hydrogen-bond donors (Lipinski definition) is 2. The summed E-state index contributed by atoms with van der Waals surface area (Å²) in [5, 5.41) is 12.6. The first kappa shape index (κ1) is 16.9. The minimum absolute atomic E-state index is 0.115. The zero-order chi connectivity index (χ0) is 15.4. The molecule has 0 spiro atoms. The molecule has 0 saturated carbocycles. The van der Waals surface area contributed by atoms with E-state index in [9.17, 15) is 13.5 Å². The molecule has 0 radical (unpaired) electrons. The van der Waals surface area contributed by atoms with Crippen LogP contribution in [0.3, 0.4) is 0 Å². The maximum atomic E-state index is 11.9. The van der Waals surface area contributed by atoms with Gasteiger partial charge in [0.15, 0.2) is 0 Å². The van der Waals surface area contributed by atoms with Crippen LogP contribution in [0.4, 0.5) is 5.69 Å². The van der Waals surface area contributed by atoms with Gasteiger partial charge in [0.25, 0.3) is 0 Å². The van der Waals surface area contributed by atoms with E-state index in [0.717, 1.165) is 12.1 Å². The number of nitrogens with one attached hydrogen (secondary N) is 1. The number of anilines is 1. The van der Waals surface area contributed by atoms with Crippen LogP contribution in [0.25, 0.3) is 0 Å². The molecule has 0 bridgehead atoms. The highest BCUT2D eigenvalue weighted by atomic mass is 32.2. The van der Waals surface area contributed by atoms with Gasteiger partial charge in [0.05, 0.1) is 11.5 Å². The predicted molar refractivity (Wildman–Crippen MR) is 81.3 cm³/mol. The van der Waals surface area contributed by atoms with Crippen molar-refractivity contribution in [3.05, 3.63) is 24.3 Å². The number of hydrogen-bond acceptors (Lipinski definition) is 4. The van der Waals surface area contributed by atoms with Gasteiger partial charge in [-0.3, -0.25) is 0 Å². The topological polar surface area (TPSA) is 69.6 Å². The minimum Gasteiger partial charge on any atom is -0.396 e. The fourth-order valence-electron chi connectivity index (χ4n) is 1.56. The normalized spacial score (nSPS) is 15.1. The van der Waals surface area contributed by atoms with E-state index in [1.54, 1.807) is 24.3 Å². The Balaban J connectivity index is 2.78. The van der Waals surface area contributed by atoms with Gasteiger partial charge >= 0.3 is 0 Å². The average Bonchev–Trinajstić information content (AvgIpc) is 2.45. The molecule has 114 valence electrons. The highest BCUT2D eigenvalue weighted by molar-refractivity contribution is 7.89. The SMILES string of the molecule is CCC(C)(CO)CNc1ccc(S(=O)(=O)N(C)C)cc1. The van der Waals surface area contributed by atoms with Gasteiger partial charge in [-0.25, -0.2) is 12.7 Å². The molecule has 6 heteroatoms. The van der Waals surface area contributed by atoms with E-state index in [4.69, 9.17) is 0 Å². The summed E-state index contributed by atoms with van der Waals surface area (Å²) in [4.78, 5) is 0.272. The molecule has 0 heterocycles. The van der Waals surface area contributed by atoms with E-state index >= 15 is 0 Å². The van der Waals surface area contributed by atoms with Crippen molar-refractivity contribution in [2.45, 2.75) is 25.2 Å². The van der Waals surface area contributed by atoms with Gasteiger partial charge in [0.1, 0.15) is 0 Å². The average molecular weight is 300 g/mol. The van der Waals surface area contributed by atoms with E-state index in [-0.39, 0.29) is 16.9 Å². The van der Waals surface area contributed by atoms with Gasteiger partial charge in [0.2, 0.25) is 10.0 Å². The molecule has 0 aliphatic rings. The van der Waals surface area contributed by atoms with Crippen LogP contribution in [-0.2, 0) is 10.0 Å². The lowest BCUT2D eigenvalue weighted by atomic mass is 9.88. The molecule has 20 heavy (non-hydrogen) atoms.